The van der Waals surface area contributed by atoms with Crippen LogP contribution in [-0.2, 0) is 11.3 Å². The van der Waals surface area contributed by atoms with Crippen molar-refractivity contribution in [1.29, 1.82) is 0 Å². The van der Waals surface area contributed by atoms with Crippen molar-refractivity contribution in [3.63, 3.8) is 0 Å². The number of carbonyl (C=O) groups excluding carboxylic acids is 2. The molecule has 156 valence electrons. The topological polar surface area (TPSA) is 134 Å². The Kier molecular flexibility index (Phi) is 4.41. The van der Waals surface area contributed by atoms with Gasteiger partial charge in [-0.3, -0.25) is 4.79 Å². The lowest BCUT2D eigenvalue weighted by Crippen LogP contribution is -2.53. The molecule has 1 aromatic heterocycles. The van der Waals surface area contributed by atoms with E-state index in [9.17, 15) is 14.0 Å². The minimum Gasteiger partial charge on any atom is -0.369 e. The summed E-state index contributed by atoms with van der Waals surface area (Å²) in [5, 5.41) is 12.0. The highest BCUT2D eigenvalue weighted by molar-refractivity contribution is 5.80. The molecule has 1 aromatic carbocycles. The zero-order chi connectivity index (χ0) is 20.8. The van der Waals surface area contributed by atoms with Gasteiger partial charge in [0.15, 0.2) is 11.6 Å². The monoisotopic (exact) mass is 411 g/mol. The third kappa shape index (κ3) is 3.27. The molecular formula is C20H22FN7O2. The van der Waals surface area contributed by atoms with E-state index in [2.05, 4.69) is 31.2 Å². The fourth-order valence-corrected chi connectivity index (χ4v) is 5.11. The second kappa shape index (κ2) is 7.12. The molecule has 5 unspecified atom stereocenters. The number of nitrogens with zero attached hydrogens (tertiary/aromatic N) is 2. The molecule has 2 saturated carbocycles. The molecule has 6 N–H and O–H groups in total. The summed E-state index contributed by atoms with van der Waals surface area (Å²) in [6, 6.07) is 6.59. The fourth-order valence-electron chi connectivity index (χ4n) is 5.11. The van der Waals surface area contributed by atoms with Crippen molar-refractivity contribution in [2.24, 2.45) is 23.5 Å². The molecule has 5 atom stereocenters. The maximum absolute atomic E-state index is 14.5. The number of anilines is 3. The molecule has 0 radical (unpaired) electrons. The molecular weight excluding hydrogens is 389 g/mol. The van der Waals surface area contributed by atoms with Crippen LogP contribution in [0.3, 0.4) is 0 Å². The lowest BCUT2D eigenvalue weighted by atomic mass is 9.81. The van der Waals surface area contributed by atoms with Crippen LogP contribution in [0, 0.1) is 23.6 Å². The van der Waals surface area contributed by atoms with Crippen molar-refractivity contribution in [1.82, 2.24) is 20.6 Å². The highest BCUT2D eigenvalue weighted by Gasteiger charge is 2.55. The molecule has 2 heterocycles. The summed E-state index contributed by atoms with van der Waals surface area (Å²) in [7, 11) is 0. The number of fused-ring (bicyclic) bond motifs is 5. The van der Waals surface area contributed by atoms with E-state index in [-0.39, 0.29) is 35.7 Å². The summed E-state index contributed by atoms with van der Waals surface area (Å²) < 4.78 is 14.5. The van der Waals surface area contributed by atoms with Gasteiger partial charge in [-0.2, -0.15) is 4.98 Å². The molecule has 6 bridgehead atoms. The molecule has 2 fully saturated rings. The van der Waals surface area contributed by atoms with Crippen LogP contribution in [0.4, 0.5) is 26.6 Å². The van der Waals surface area contributed by atoms with Crippen molar-refractivity contribution in [3.05, 3.63) is 41.8 Å². The molecule has 0 spiro atoms. The smallest absolute Gasteiger partial charge is 0.315 e. The van der Waals surface area contributed by atoms with Crippen LogP contribution >= 0.6 is 0 Å². The van der Waals surface area contributed by atoms with Gasteiger partial charge in [0, 0.05) is 30.2 Å². The Bertz CT molecular complexity index is 1020. The van der Waals surface area contributed by atoms with Crippen LogP contribution in [0.25, 0.3) is 0 Å². The maximum Gasteiger partial charge on any atom is 0.315 e. The number of rotatable bonds is 1. The normalized spacial score (nSPS) is 29.5. The van der Waals surface area contributed by atoms with Gasteiger partial charge < -0.3 is 27.0 Å². The first kappa shape index (κ1) is 18.6. The summed E-state index contributed by atoms with van der Waals surface area (Å²) in [5.41, 5.74) is 7.27. The fraction of sp³-hybridized carbons (Fsp3) is 0.400. The van der Waals surface area contributed by atoms with Gasteiger partial charge >= 0.3 is 6.03 Å². The largest absolute Gasteiger partial charge is 0.369 e. The molecule has 3 aliphatic rings. The molecule has 30 heavy (non-hydrogen) atoms. The zero-order valence-corrected chi connectivity index (χ0v) is 16.1. The van der Waals surface area contributed by atoms with Crippen molar-refractivity contribution in [3.8, 4) is 0 Å². The highest BCUT2D eigenvalue weighted by atomic mass is 19.1. The average Bonchev–Trinajstić information content (AvgIpc) is 3.26. The number of nitrogens with two attached hydrogens (primary N) is 1. The number of hydrogen-bond acceptors (Lipinski definition) is 6. The van der Waals surface area contributed by atoms with Crippen LogP contribution in [0.15, 0.2) is 30.5 Å². The molecule has 3 amide bonds. The van der Waals surface area contributed by atoms with Gasteiger partial charge in [-0.1, -0.05) is 12.1 Å². The number of urea groups is 1. The SMILES string of the molecule is NC(=O)C1C2CC3NC(=O)NCc4cccc(c4)Nc4ncc(F)c(n4)NC1C3C2. The van der Waals surface area contributed by atoms with Crippen LogP contribution in [0.5, 0.6) is 0 Å². The van der Waals surface area contributed by atoms with E-state index in [0.29, 0.717) is 18.7 Å². The number of carbonyl (C=O) groups is 2. The number of halogens is 1. The number of amides is 3. The number of primary amides is 1. The summed E-state index contributed by atoms with van der Waals surface area (Å²) in [6.07, 6.45) is 2.49. The van der Waals surface area contributed by atoms with Crippen molar-refractivity contribution in [2.75, 3.05) is 10.6 Å². The molecule has 0 saturated heterocycles. The number of hydrogen-bond donors (Lipinski definition) is 5. The van der Waals surface area contributed by atoms with Crippen LogP contribution in [0.1, 0.15) is 18.4 Å². The number of benzene rings is 1. The second-order valence-corrected chi connectivity index (χ2v) is 8.14. The van der Waals surface area contributed by atoms with E-state index in [1.807, 2.05) is 24.3 Å². The third-order valence-corrected chi connectivity index (χ3v) is 6.33. The first-order chi connectivity index (χ1) is 14.5. The molecule has 9 nitrogen and oxygen atoms in total. The Balaban J connectivity index is 1.53. The average molecular weight is 411 g/mol. The van der Waals surface area contributed by atoms with E-state index in [0.717, 1.165) is 18.2 Å². The molecule has 1 aliphatic heterocycles. The Morgan fingerprint density at radius 2 is 2.10 bits per heavy atom. The summed E-state index contributed by atoms with van der Waals surface area (Å²) in [6.45, 7) is 0.350. The predicted octanol–water partition coefficient (Wildman–Crippen LogP) is 1.46. The van der Waals surface area contributed by atoms with Crippen molar-refractivity contribution < 1.29 is 14.0 Å². The van der Waals surface area contributed by atoms with Gasteiger partial charge in [0.2, 0.25) is 11.9 Å². The first-order valence-corrected chi connectivity index (χ1v) is 9.96. The van der Waals surface area contributed by atoms with E-state index in [4.69, 9.17) is 5.73 Å². The molecule has 2 aliphatic carbocycles. The lowest BCUT2D eigenvalue weighted by Gasteiger charge is -2.35. The lowest BCUT2D eigenvalue weighted by molar-refractivity contribution is -0.123. The van der Waals surface area contributed by atoms with Gasteiger partial charge in [0.05, 0.1) is 12.1 Å². The highest BCUT2D eigenvalue weighted by Crippen LogP contribution is 2.49. The predicted molar refractivity (Wildman–Crippen MR) is 107 cm³/mol. The van der Waals surface area contributed by atoms with E-state index in [1.165, 1.54) is 0 Å². The first-order valence-electron chi connectivity index (χ1n) is 9.96. The van der Waals surface area contributed by atoms with Crippen LogP contribution < -0.4 is 27.0 Å². The van der Waals surface area contributed by atoms with Crippen LogP contribution in [-0.4, -0.2) is 34.0 Å². The molecule has 5 rings (SSSR count). The van der Waals surface area contributed by atoms with E-state index in [1.54, 1.807) is 0 Å². The summed E-state index contributed by atoms with van der Waals surface area (Å²) >= 11 is 0. The van der Waals surface area contributed by atoms with Gasteiger partial charge in [-0.05, 0) is 36.5 Å². The number of nitrogens with one attached hydrogen (secondary N) is 4. The van der Waals surface area contributed by atoms with Gasteiger partial charge in [0.1, 0.15) is 0 Å². The van der Waals surface area contributed by atoms with Crippen molar-refractivity contribution in [2.45, 2.75) is 31.5 Å². The summed E-state index contributed by atoms with van der Waals surface area (Å²) in [4.78, 5) is 32.9. The Morgan fingerprint density at radius 1 is 1.23 bits per heavy atom. The molecule has 10 heteroatoms. The van der Waals surface area contributed by atoms with E-state index >= 15 is 0 Å². The molecule has 2 aromatic rings. The standard InChI is InChI=1S/C20H22FN7O2/c21-13-8-23-19-25-11-3-1-2-9(4-11)7-24-20(30)26-14-6-10-5-12(14)16(15(10)17(22)29)27-18(13)28-19/h1-4,8,10,12,14-16H,5-7H2,(H2,22,29)(H2,24,26,30)(H2,23,25,27,28). The minimum absolute atomic E-state index is 0.00512. The van der Waals surface area contributed by atoms with Gasteiger partial charge in [-0.15, -0.1) is 0 Å². The Hall–Kier alpha value is -3.43. The minimum atomic E-state index is -0.619. The quantitative estimate of drug-likeness (QED) is 0.482. The third-order valence-electron chi connectivity index (χ3n) is 6.33. The Labute approximate surface area is 172 Å². The van der Waals surface area contributed by atoms with E-state index < -0.39 is 23.7 Å². The maximum atomic E-state index is 14.5. The van der Waals surface area contributed by atoms with Crippen molar-refractivity contribution >= 4 is 29.4 Å². The van der Waals surface area contributed by atoms with Gasteiger partial charge in [-0.25, -0.2) is 14.2 Å². The van der Waals surface area contributed by atoms with Crippen LogP contribution in [0.2, 0.25) is 0 Å². The zero-order valence-electron chi connectivity index (χ0n) is 16.1. The van der Waals surface area contributed by atoms with Gasteiger partial charge in [0.25, 0.3) is 0 Å². The number of aromatic nitrogens is 2. The summed E-state index contributed by atoms with van der Waals surface area (Å²) in [5.74, 6) is -1.29. The Morgan fingerprint density at radius 3 is 2.93 bits per heavy atom. The second-order valence-electron chi connectivity index (χ2n) is 8.14.